The Hall–Kier alpha value is -2.70. The lowest BCUT2D eigenvalue weighted by molar-refractivity contribution is 0.00547. The summed E-state index contributed by atoms with van der Waals surface area (Å²) in [6, 6.07) is 13.7. The van der Waals surface area contributed by atoms with Gasteiger partial charge in [0.2, 0.25) is 0 Å². The quantitative estimate of drug-likeness (QED) is 0.338. The van der Waals surface area contributed by atoms with Crippen molar-refractivity contribution < 1.29 is 9.53 Å². The first kappa shape index (κ1) is 30.7. The van der Waals surface area contributed by atoms with Crippen LogP contribution in [0.3, 0.4) is 0 Å². The van der Waals surface area contributed by atoms with E-state index in [1.165, 1.54) is 48.1 Å². The van der Waals surface area contributed by atoms with Gasteiger partial charge in [-0.3, -0.25) is 14.8 Å². The molecule has 6 heteroatoms. The highest BCUT2D eigenvalue weighted by Crippen LogP contribution is 2.36. The lowest BCUT2D eigenvalue weighted by Gasteiger charge is -2.42. The Morgan fingerprint density at radius 2 is 1.81 bits per heavy atom. The minimum atomic E-state index is -0.533. The van der Waals surface area contributed by atoms with E-state index in [1.54, 1.807) is 0 Å². The monoisotopic (exact) mass is 572 g/mol. The second-order valence-corrected chi connectivity index (χ2v) is 14.5. The molecule has 0 bridgehead atoms. The van der Waals surface area contributed by atoms with Gasteiger partial charge < -0.3 is 10.1 Å². The van der Waals surface area contributed by atoms with Crippen molar-refractivity contribution in [1.29, 1.82) is 0 Å². The number of aryl methyl sites for hydroxylation is 1. The average Bonchev–Trinajstić information content (AvgIpc) is 2.95. The Kier molecular flexibility index (Phi) is 9.74. The first-order chi connectivity index (χ1) is 20.1. The second-order valence-electron chi connectivity index (χ2n) is 14.5. The third-order valence-corrected chi connectivity index (χ3v) is 9.40. The summed E-state index contributed by atoms with van der Waals surface area (Å²) < 4.78 is 5.92. The summed E-state index contributed by atoms with van der Waals surface area (Å²) >= 11 is 0. The van der Waals surface area contributed by atoms with Crippen molar-refractivity contribution in [2.45, 2.75) is 116 Å². The number of amides is 1. The maximum atomic E-state index is 13.5. The van der Waals surface area contributed by atoms with Crippen LogP contribution in [0.5, 0.6) is 0 Å². The SMILES string of the molecule is CC1(C)CCC(NC/C=C/CN(C[C@H]2Cc3ccccc3CN2C(=O)OC(C)(C)C)[C@H]2CCCc3cccnc32)CC1. The van der Waals surface area contributed by atoms with E-state index in [9.17, 15) is 4.79 Å². The zero-order valence-electron chi connectivity index (χ0n) is 26.6. The van der Waals surface area contributed by atoms with Gasteiger partial charge in [0.05, 0.1) is 17.8 Å². The van der Waals surface area contributed by atoms with Gasteiger partial charge in [0.25, 0.3) is 0 Å². The molecule has 1 N–H and O–H groups in total. The van der Waals surface area contributed by atoms with Crippen LogP contribution in [-0.2, 0) is 24.1 Å². The van der Waals surface area contributed by atoms with Crippen molar-refractivity contribution in [3.05, 3.63) is 77.1 Å². The van der Waals surface area contributed by atoms with Gasteiger partial charge in [-0.15, -0.1) is 0 Å². The van der Waals surface area contributed by atoms with Crippen LogP contribution in [0, 0.1) is 5.41 Å². The van der Waals surface area contributed by atoms with E-state index in [1.807, 2.05) is 31.9 Å². The van der Waals surface area contributed by atoms with Crippen LogP contribution < -0.4 is 5.32 Å². The summed E-state index contributed by atoms with van der Waals surface area (Å²) in [5, 5.41) is 3.78. The van der Waals surface area contributed by atoms with Crippen molar-refractivity contribution in [1.82, 2.24) is 20.1 Å². The second kappa shape index (κ2) is 13.3. The maximum Gasteiger partial charge on any atom is 0.410 e. The van der Waals surface area contributed by atoms with Gasteiger partial charge in [0, 0.05) is 38.4 Å². The molecular formula is C36H52N4O2. The number of fused-ring (bicyclic) bond motifs is 2. The van der Waals surface area contributed by atoms with Crippen LogP contribution >= 0.6 is 0 Å². The topological polar surface area (TPSA) is 57.7 Å². The van der Waals surface area contributed by atoms with Gasteiger partial charge >= 0.3 is 6.09 Å². The molecule has 42 heavy (non-hydrogen) atoms. The van der Waals surface area contributed by atoms with Gasteiger partial charge in [-0.2, -0.15) is 0 Å². The molecular weight excluding hydrogens is 520 g/mol. The summed E-state index contributed by atoms with van der Waals surface area (Å²) in [6.45, 7) is 13.7. The van der Waals surface area contributed by atoms with E-state index in [0.717, 1.165) is 45.3 Å². The average molecular weight is 573 g/mol. The number of carbonyl (C=O) groups excluding carboxylic acids is 1. The maximum absolute atomic E-state index is 13.5. The first-order valence-electron chi connectivity index (χ1n) is 16.2. The highest BCUT2D eigenvalue weighted by Gasteiger charge is 2.36. The Morgan fingerprint density at radius 1 is 1.07 bits per heavy atom. The number of nitrogens with one attached hydrogen (secondary N) is 1. The third kappa shape index (κ3) is 8.02. The molecule has 0 saturated heterocycles. The number of ether oxygens (including phenoxy) is 1. The van der Waals surface area contributed by atoms with Gasteiger partial charge in [-0.25, -0.2) is 4.79 Å². The van der Waals surface area contributed by atoms with E-state index < -0.39 is 5.60 Å². The number of nitrogens with zero attached hydrogens (tertiary/aromatic N) is 3. The molecule has 3 aliphatic rings. The number of rotatable bonds is 8. The fourth-order valence-corrected chi connectivity index (χ4v) is 6.96. The Morgan fingerprint density at radius 3 is 2.57 bits per heavy atom. The van der Waals surface area contributed by atoms with Crippen LogP contribution in [0.4, 0.5) is 4.79 Å². The van der Waals surface area contributed by atoms with Crippen LogP contribution in [0.25, 0.3) is 0 Å². The van der Waals surface area contributed by atoms with Crippen molar-refractivity contribution in [3.63, 3.8) is 0 Å². The highest BCUT2D eigenvalue weighted by atomic mass is 16.6. The number of pyridine rings is 1. The Labute approximate surface area is 253 Å². The molecule has 228 valence electrons. The van der Waals surface area contributed by atoms with Crippen LogP contribution in [0.15, 0.2) is 54.7 Å². The number of aromatic nitrogens is 1. The summed E-state index contributed by atoms with van der Waals surface area (Å²) in [5.74, 6) is 0. The molecule has 2 aliphatic carbocycles. The largest absolute Gasteiger partial charge is 0.444 e. The summed E-state index contributed by atoms with van der Waals surface area (Å²) in [5.41, 5.74) is 5.08. The molecule has 0 unspecified atom stereocenters. The van der Waals surface area contributed by atoms with Crippen molar-refractivity contribution in [3.8, 4) is 0 Å². The molecule has 1 aromatic carbocycles. The summed E-state index contributed by atoms with van der Waals surface area (Å²) in [7, 11) is 0. The first-order valence-corrected chi connectivity index (χ1v) is 16.2. The molecule has 1 aliphatic heterocycles. The third-order valence-electron chi connectivity index (χ3n) is 9.40. The van der Waals surface area contributed by atoms with Crippen molar-refractivity contribution in [2.75, 3.05) is 19.6 Å². The molecule has 6 nitrogen and oxygen atoms in total. The summed E-state index contributed by atoms with van der Waals surface area (Å²) in [4.78, 5) is 23.0. The van der Waals surface area contributed by atoms with Crippen LogP contribution in [-0.4, -0.2) is 58.2 Å². The van der Waals surface area contributed by atoms with Gasteiger partial charge in [-0.05, 0) is 100 Å². The molecule has 1 amide bonds. The Bertz CT molecular complexity index is 1220. The molecule has 2 heterocycles. The van der Waals surface area contributed by atoms with E-state index in [2.05, 4.69) is 72.6 Å². The fraction of sp³-hybridized carbons (Fsp3) is 0.611. The molecule has 0 radical (unpaired) electrons. The zero-order chi connectivity index (χ0) is 29.7. The minimum Gasteiger partial charge on any atom is -0.444 e. The van der Waals surface area contributed by atoms with E-state index in [-0.39, 0.29) is 18.2 Å². The molecule has 0 spiro atoms. The smallest absolute Gasteiger partial charge is 0.410 e. The zero-order valence-corrected chi connectivity index (χ0v) is 26.6. The number of carbonyl (C=O) groups is 1. The molecule has 1 fully saturated rings. The Balaban J connectivity index is 1.33. The van der Waals surface area contributed by atoms with E-state index in [0.29, 0.717) is 18.0 Å². The lowest BCUT2D eigenvalue weighted by Crippen LogP contribution is -2.52. The van der Waals surface area contributed by atoms with Gasteiger partial charge in [-0.1, -0.05) is 56.3 Å². The van der Waals surface area contributed by atoms with Crippen LogP contribution in [0.1, 0.15) is 102 Å². The normalized spacial score (nSPS) is 22.7. The van der Waals surface area contributed by atoms with Crippen molar-refractivity contribution in [2.24, 2.45) is 5.41 Å². The predicted molar refractivity (Wildman–Crippen MR) is 170 cm³/mol. The molecule has 2 atom stereocenters. The standard InChI is InChI=1S/C36H52N4O2/c1-35(2,3)42-34(41)40-25-29-13-7-6-12-28(29)24-31(40)26-39(32-16-10-14-27-15-11-22-38-33(27)32)23-9-8-21-37-30-17-19-36(4,5)20-18-30/h6-9,11-13,15,22,30-32,37H,10,14,16-21,23-26H2,1-5H3/b9-8+/t31-,32+/m1/s1. The van der Waals surface area contributed by atoms with Crippen molar-refractivity contribution >= 4 is 6.09 Å². The number of hydrogen-bond acceptors (Lipinski definition) is 5. The van der Waals surface area contributed by atoms with E-state index in [4.69, 9.17) is 9.72 Å². The predicted octanol–water partition coefficient (Wildman–Crippen LogP) is 7.24. The summed E-state index contributed by atoms with van der Waals surface area (Å²) in [6.07, 6.45) is 15.6. The lowest BCUT2D eigenvalue weighted by atomic mass is 9.75. The molecule has 5 rings (SSSR count). The number of benzene rings is 1. The van der Waals surface area contributed by atoms with Gasteiger partial charge in [0.15, 0.2) is 0 Å². The molecule has 1 saturated carbocycles. The van der Waals surface area contributed by atoms with E-state index >= 15 is 0 Å². The highest BCUT2D eigenvalue weighted by molar-refractivity contribution is 5.69. The van der Waals surface area contributed by atoms with Gasteiger partial charge in [0.1, 0.15) is 5.60 Å². The number of hydrogen-bond donors (Lipinski definition) is 1. The fourth-order valence-electron chi connectivity index (χ4n) is 6.96. The van der Waals surface area contributed by atoms with Crippen LogP contribution in [0.2, 0.25) is 0 Å². The molecule has 1 aromatic heterocycles. The molecule has 2 aromatic rings. The minimum absolute atomic E-state index is 0.0287.